The standard InChI is InChI=1S/C45H31N3S/c46-40(32-25-23-31(24-26-32)34-14-8-13-33(29-34)30-11-2-1-3-12-30)27-28-47-48-41-20-6-4-16-39(41)44-36(17-10-21-42(44)48)38-19-9-18-37-35-15-5-7-22-43(35)49-45(37)38/h1-29,46-47H/b28-27-,46-40?. The molecule has 0 aliphatic rings. The van der Waals surface area contributed by atoms with E-state index in [9.17, 15) is 0 Å². The van der Waals surface area contributed by atoms with Crippen molar-refractivity contribution in [1.82, 2.24) is 4.68 Å². The fourth-order valence-electron chi connectivity index (χ4n) is 6.98. The van der Waals surface area contributed by atoms with Gasteiger partial charge >= 0.3 is 0 Å². The third kappa shape index (κ3) is 5.10. The minimum Gasteiger partial charge on any atom is -0.301 e. The van der Waals surface area contributed by atoms with Crippen molar-refractivity contribution in [2.75, 3.05) is 5.43 Å². The van der Waals surface area contributed by atoms with Crippen molar-refractivity contribution in [2.45, 2.75) is 0 Å². The van der Waals surface area contributed by atoms with Crippen LogP contribution in [0.2, 0.25) is 0 Å². The molecule has 4 heteroatoms. The molecule has 9 rings (SSSR count). The van der Waals surface area contributed by atoms with Crippen LogP contribution in [0.15, 0.2) is 176 Å². The number of rotatable bonds is 7. The average Bonchev–Trinajstić information content (AvgIpc) is 3.71. The van der Waals surface area contributed by atoms with E-state index in [0.717, 1.165) is 27.7 Å². The van der Waals surface area contributed by atoms with Crippen molar-refractivity contribution >= 4 is 59.0 Å². The summed E-state index contributed by atoms with van der Waals surface area (Å²) in [6, 6.07) is 57.7. The summed E-state index contributed by atoms with van der Waals surface area (Å²) in [5.74, 6) is 0. The van der Waals surface area contributed by atoms with Crippen molar-refractivity contribution in [1.29, 1.82) is 5.41 Å². The van der Waals surface area contributed by atoms with Gasteiger partial charge in [0.1, 0.15) is 0 Å². The van der Waals surface area contributed by atoms with Crippen LogP contribution < -0.4 is 5.43 Å². The second-order valence-electron chi connectivity index (χ2n) is 12.2. The minimum atomic E-state index is 0.440. The molecule has 0 aliphatic heterocycles. The quantitative estimate of drug-likeness (QED) is 0.166. The highest BCUT2D eigenvalue weighted by Crippen LogP contribution is 2.43. The van der Waals surface area contributed by atoms with Crippen LogP contribution >= 0.6 is 11.3 Å². The first-order valence-corrected chi connectivity index (χ1v) is 17.3. The maximum atomic E-state index is 8.84. The summed E-state index contributed by atoms with van der Waals surface area (Å²) in [6.07, 6.45) is 3.69. The molecule has 2 N–H and O–H groups in total. The predicted molar refractivity (Wildman–Crippen MR) is 210 cm³/mol. The number of hydrogen-bond donors (Lipinski definition) is 2. The van der Waals surface area contributed by atoms with Gasteiger partial charge in [0.2, 0.25) is 0 Å². The Kier molecular flexibility index (Phi) is 7.15. The van der Waals surface area contributed by atoms with E-state index < -0.39 is 0 Å². The molecule has 232 valence electrons. The largest absolute Gasteiger partial charge is 0.301 e. The summed E-state index contributed by atoms with van der Waals surface area (Å²) in [5.41, 5.74) is 14.1. The van der Waals surface area contributed by atoms with E-state index in [4.69, 9.17) is 5.41 Å². The Balaban J connectivity index is 1.02. The second-order valence-corrected chi connectivity index (χ2v) is 13.3. The van der Waals surface area contributed by atoms with E-state index in [-0.39, 0.29) is 0 Å². The highest BCUT2D eigenvalue weighted by Gasteiger charge is 2.17. The Bertz CT molecular complexity index is 2700. The van der Waals surface area contributed by atoms with Crippen LogP contribution in [0.5, 0.6) is 0 Å². The summed E-state index contributed by atoms with van der Waals surface area (Å²) < 4.78 is 4.75. The van der Waals surface area contributed by atoms with Gasteiger partial charge in [0.15, 0.2) is 0 Å². The van der Waals surface area contributed by atoms with E-state index in [1.807, 2.05) is 41.8 Å². The Labute approximate surface area is 288 Å². The third-order valence-electron chi connectivity index (χ3n) is 9.34. The van der Waals surface area contributed by atoms with E-state index in [2.05, 4.69) is 156 Å². The highest BCUT2D eigenvalue weighted by atomic mass is 32.1. The van der Waals surface area contributed by atoms with Crippen LogP contribution in [0.3, 0.4) is 0 Å². The number of fused-ring (bicyclic) bond motifs is 6. The van der Waals surface area contributed by atoms with E-state index in [1.54, 1.807) is 0 Å². The molecule has 3 nitrogen and oxygen atoms in total. The molecule has 0 saturated carbocycles. The molecule has 49 heavy (non-hydrogen) atoms. The van der Waals surface area contributed by atoms with Crippen LogP contribution in [-0.2, 0) is 0 Å². The van der Waals surface area contributed by atoms with Crippen LogP contribution in [0.1, 0.15) is 5.56 Å². The molecular weight excluding hydrogens is 615 g/mol. The van der Waals surface area contributed by atoms with Crippen molar-refractivity contribution in [2.24, 2.45) is 0 Å². The molecule has 0 aliphatic carbocycles. The first kappa shape index (κ1) is 29.0. The van der Waals surface area contributed by atoms with E-state index in [0.29, 0.717) is 5.71 Å². The Morgan fingerprint density at radius 2 is 1.14 bits per heavy atom. The van der Waals surface area contributed by atoms with Gasteiger partial charge in [0, 0.05) is 42.7 Å². The molecule has 0 amide bonds. The predicted octanol–water partition coefficient (Wildman–Crippen LogP) is 12.3. The molecule has 0 atom stereocenters. The first-order chi connectivity index (χ1) is 24.2. The Hall–Kier alpha value is -6.23. The minimum absolute atomic E-state index is 0.440. The van der Waals surface area contributed by atoms with E-state index in [1.165, 1.54) is 53.2 Å². The van der Waals surface area contributed by atoms with Gasteiger partial charge in [-0.25, -0.2) is 0 Å². The highest BCUT2D eigenvalue weighted by molar-refractivity contribution is 7.26. The zero-order valence-electron chi connectivity index (χ0n) is 26.6. The molecule has 0 spiro atoms. The second kappa shape index (κ2) is 12.1. The lowest BCUT2D eigenvalue weighted by molar-refractivity contribution is 1.05. The zero-order valence-corrected chi connectivity index (χ0v) is 27.4. The van der Waals surface area contributed by atoms with Crippen molar-refractivity contribution in [3.05, 3.63) is 182 Å². The average molecular weight is 646 g/mol. The Morgan fingerprint density at radius 3 is 1.98 bits per heavy atom. The van der Waals surface area contributed by atoms with Crippen LogP contribution in [0, 0.1) is 5.41 Å². The van der Waals surface area contributed by atoms with Crippen molar-refractivity contribution in [3.8, 4) is 33.4 Å². The van der Waals surface area contributed by atoms with Gasteiger partial charge < -0.3 is 10.8 Å². The molecule has 0 radical (unpaired) electrons. The van der Waals surface area contributed by atoms with Gasteiger partial charge in [-0.3, -0.25) is 4.68 Å². The lowest BCUT2D eigenvalue weighted by Crippen LogP contribution is -2.08. The maximum Gasteiger partial charge on any atom is 0.0715 e. The maximum absolute atomic E-state index is 8.84. The summed E-state index contributed by atoms with van der Waals surface area (Å²) in [6.45, 7) is 0. The Morgan fingerprint density at radius 1 is 0.531 bits per heavy atom. The normalized spacial score (nSPS) is 11.7. The summed E-state index contributed by atoms with van der Waals surface area (Å²) in [5, 5.41) is 13.8. The molecule has 7 aromatic carbocycles. The smallest absolute Gasteiger partial charge is 0.0715 e. The van der Waals surface area contributed by atoms with Gasteiger partial charge in [-0.2, -0.15) is 0 Å². The fourth-order valence-corrected chi connectivity index (χ4v) is 8.22. The SMILES string of the molecule is N=C(/C=C\Nn1c2ccccc2c2c(-c3cccc4c3sc3ccccc34)cccc21)c1ccc(-c2cccc(-c3ccccc3)c2)cc1. The summed E-state index contributed by atoms with van der Waals surface area (Å²) in [7, 11) is 0. The molecule has 0 bridgehead atoms. The molecule has 0 unspecified atom stereocenters. The van der Waals surface area contributed by atoms with Gasteiger partial charge in [0.25, 0.3) is 0 Å². The van der Waals surface area contributed by atoms with Gasteiger partial charge in [0.05, 0.1) is 16.7 Å². The van der Waals surface area contributed by atoms with Crippen LogP contribution in [-0.4, -0.2) is 10.4 Å². The number of para-hydroxylation sites is 1. The number of allylic oxidation sites excluding steroid dienone is 1. The number of thiophene rings is 1. The van der Waals surface area contributed by atoms with Crippen molar-refractivity contribution in [3.63, 3.8) is 0 Å². The fraction of sp³-hybridized carbons (Fsp3) is 0. The molecule has 2 aromatic heterocycles. The topological polar surface area (TPSA) is 40.8 Å². The zero-order chi connectivity index (χ0) is 32.7. The number of aromatic nitrogens is 1. The van der Waals surface area contributed by atoms with Crippen LogP contribution in [0.4, 0.5) is 0 Å². The lowest BCUT2D eigenvalue weighted by atomic mass is 9.98. The molecule has 0 saturated heterocycles. The summed E-state index contributed by atoms with van der Waals surface area (Å²) in [4.78, 5) is 0. The monoisotopic (exact) mass is 645 g/mol. The number of nitrogens with one attached hydrogen (secondary N) is 2. The number of nitrogens with zero attached hydrogens (tertiary/aromatic N) is 1. The van der Waals surface area contributed by atoms with Crippen molar-refractivity contribution < 1.29 is 0 Å². The molecular formula is C45H31N3S. The summed E-state index contributed by atoms with van der Waals surface area (Å²) >= 11 is 1.86. The molecule has 9 aromatic rings. The van der Waals surface area contributed by atoms with E-state index >= 15 is 0 Å². The van der Waals surface area contributed by atoms with Gasteiger partial charge in [-0.15, -0.1) is 11.3 Å². The third-order valence-corrected chi connectivity index (χ3v) is 10.6. The lowest BCUT2D eigenvalue weighted by Gasteiger charge is -2.09. The van der Waals surface area contributed by atoms with Crippen LogP contribution in [0.25, 0.3) is 75.4 Å². The molecule has 2 heterocycles. The first-order valence-electron chi connectivity index (χ1n) is 16.4. The molecule has 0 fully saturated rings. The number of hydrogen-bond acceptors (Lipinski definition) is 3. The van der Waals surface area contributed by atoms with Gasteiger partial charge in [-0.1, -0.05) is 140 Å². The number of benzene rings is 7. The van der Waals surface area contributed by atoms with Gasteiger partial charge in [-0.05, 0) is 63.7 Å².